The van der Waals surface area contributed by atoms with Crippen molar-refractivity contribution >= 4 is 11.8 Å². The minimum absolute atomic E-state index is 0.183. The third kappa shape index (κ3) is 1.30. The number of β-amino-alcohol motifs (C(OH)–C–C–N with tert-alkyl or cyclic N) is 1. The standard InChI is InChI=1S/C4H8ClNO/c5-6-2-1-4(7)3-6/h4,7H,1-3H2. The van der Waals surface area contributed by atoms with Crippen molar-refractivity contribution in [3.8, 4) is 0 Å². The van der Waals surface area contributed by atoms with Crippen molar-refractivity contribution in [3.05, 3.63) is 0 Å². The molecule has 0 aliphatic carbocycles. The first-order chi connectivity index (χ1) is 3.29. The molecule has 0 aromatic carbocycles. The Balaban J connectivity index is 2.26. The Bertz CT molecular complexity index is 60.7. The van der Waals surface area contributed by atoms with Crippen molar-refractivity contribution in [3.63, 3.8) is 0 Å². The number of hydrogen-bond donors (Lipinski definition) is 1. The Labute approximate surface area is 47.8 Å². The molecular formula is C4H8ClNO. The van der Waals surface area contributed by atoms with E-state index in [1.165, 1.54) is 0 Å². The first kappa shape index (κ1) is 5.35. The third-order valence-corrected chi connectivity index (χ3v) is 1.42. The van der Waals surface area contributed by atoms with Gasteiger partial charge in [-0.1, -0.05) is 0 Å². The summed E-state index contributed by atoms with van der Waals surface area (Å²) in [6.45, 7) is 1.45. The molecule has 2 nitrogen and oxygen atoms in total. The zero-order valence-corrected chi connectivity index (χ0v) is 4.73. The van der Waals surface area contributed by atoms with Crippen molar-refractivity contribution in [2.75, 3.05) is 13.1 Å². The van der Waals surface area contributed by atoms with Crippen LogP contribution in [0.2, 0.25) is 0 Å². The van der Waals surface area contributed by atoms with E-state index >= 15 is 0 Å². The highest BCUT2D eigenvalue weighted by Gasteiger charge is 2.17. The normalized spacial score (nSPS) is 34.3. The maximum Gasteiger partial charge on any atom is 0.0693 e. The highest BCUT2D eigenvalue weighted by Crippen LogP contribution is 2.09. The first-order valence-electron chi connectivity index (χ1n) is 2.38. The van der Waals surface area contributed by atoms with Crippen LogP contribution in [0.1, 0.15) is 6.42 Å². The number of nitrogens with zero attached hydrogens (tertiary/aromatic N) is 1. The lowest BCUT2D eigenvalue weighted by atomic mass is 10.3. The molecule has 1 unspecified atom stereocenters. The first-order valence-corrected chi connectivity index (χ1v) is 2.71. The van der Waals surface area contributed by atoms with Gasteiger partial charge < -0.3 is 5.11 Å². The van der Waals surface area contributed by atoms with Crippen molar-refractivity contribution in [1.29, 1.82) is 0 Å². The van der Waals surface area contributed by atoms with Gasteiger partial charge in [0.15, 0.2) is 0 Å². The number of aliphatic hydroxyl groups is 1. The fourth-order valence-electron chi connectivity index (χ4n) is 0.700. The lowest BCUT2D eigenvalue weighted by Gasteiger charge is -1.98. The Morgan fingerprint density at radius 2 is 2.43 bits per heavy atom. The molecule has 1 heterocycles. The van der Waals surface area contributed by atoms with Gasteiger partial charge in [0.1, 0.15) is 0 Å². The van der Waals surface area contributed by atoms with Gasteiger partial charge in [0.25, 0.3) is 0 Å². The molecule has 1 rings (SSSR count). The SMILES string of the molecule is OC1CCN(Cl)C1. The van der Waals surface area contributed by atoms with E-state index < -0.39 is 0 Å². The van der Waals surface area contributed by atoms with Crippen LogP contribution in [0.25, 0.3) is 0 Å². The highest BCUT2D eigenvalue weighted by atomic mass is 35.5. The highest BCUT2D eigenvalue weighted by molar-refractivity contribution is 6.13. The van der Waals surface area contributed by atoms with Gasteiger partial charge in [-0.2, -0.15) is 0 Å². The minimum Gasteiger partial charge on any atom is -0.392 e. The molecule has 1 atom stereocenters. The maximum absolute atomic E-state index is 8.77. The lowest BCUT2D eigenvalue weighted by molar-refractivity contribution is 0.190. The average Bonchev–Trinajstić information content (AvgIpc) is 1.87. The second-order valence-electron chi connectivity index (χ2n) is 1.81. The molecule has 1 aliphatic heterocycles. The fourth-order valence-corrected chi connectivity index (χ4v) is 0.957. The topological polar surface area (TPSA) is 23.5 Å². The number of halogens is 1. The smallest absolute Gasteiger partial charge is 0.0693 e. The van der Waals surface area contributed by atoms with E-state index in [1.807, 2.05) is 0 Å². The maximum atomic E-state index is 8.77. The zero-order chi connectivity index (χ0) is 5.28. The molecule has 7 heavy (non-hydrogen) atoms. The molecule has 42 valence electrons. The van der Waals surface area contributed by atoms with Crippen LogP contribution in [0, 0.1) is 0 Å². The van der Waals surface area contributed by atoms with Crippen LogP contribution in [0.15, 0.2) is 0 Å². The average molecular weight is 122 g/mol. The minimum atomic E-state index is -0.183. The van der Waals surface area contributed by atoms with Crippen molar-refractivity contribution in [2.45, 2.75) is 12.5 Å². The van der Waals surface area contributed by atoms with Crippen LogP contribution in [0.4, 0.5) is 0 Å². The van der Waals surface area contributed by atoms with Gasteiger partial charge in [-0.05, 0) is 18.2 Å². The summed E-state index contributed by atoms with van der Waals surface area (Å²) in [5.41, 5.74) is 0. The molecule has 1 saturated heterocycles. The molecule has 1 fully saturated rings. The number of rotatable bonds is 0. The summed E-state index contributed by atoms with van der Waals surface area (Å²) < 4.78 is 1.60. The van der Waals surface area contributed by atoms with Crippen LogP contribution < -0.4 is 0 Å². The third-order valence-electron chi connectivity index (χ3n) is 1.11. The van der Waals surface area contributed by atoms with E-state index in [1.54, 1.807) is 4.42 Å². The second-order valence-corrected chi connectivity index (χ2v) is 2.29. The summed E-state index contributed by atoms with van der Waals surface area (Å²) in [6.07, 6.45) is 0.640. The van der Waals surface area contributed by atoms with Gasteiger partial charge >= 0.3 is 0 Å². The largest absolute Gasteiger partial charge is 0.392 e. The molecular weight excluding hydrogens is 114 g/mol. The van der Waals surface area contributed by atoms with Crippen molar-refractivity contribution in [1.82, 2.24) is 4.42 Å². The Morgan fingerprint density at radius 1 is 1.71 bits per heavy atom. The Morgan fingerprint density at radius 3 is 2.57 bits per heavy atom. The Hall–Kier alpha value is 0.210. The van der Waals surface area contributed by atoms with Gasteiger partial charge in [0.05, 0.1) is 6.10 Å². The van der Waals surface area contributed by atoms with E-state index in [2.05, 4.69) is 0 Å². The molecule has 0 saturated carbocycles. The van der Waals surface area contributed by atoms with Crippen LogP contribution in [0.5, 0.6) is 0 Å². The molecule has 0 aromatic rings. The van der Waals surface area contributed by atoms with Crippen LogP contribution in [0.3, 0.4) is 0 Å². The molecule has 0 radical (unpaired) electrons. The summed E-state index contributed by atoms with van der Waals surface area (Å²) in [5.74, 6) is 0. The van der Waals surface area contributed by atoms with Gasteiger partial charge in [-0.25, -0.2) is 4.42 Å². The van der Waals surface area contributed by atoms with E-state index in [-0.39, 0.29) is 6.10 Å². The summed E-state index contributed by atoms with van der Waals surface area (Å²) in [7, 11) is 0. The molecule has 0 amide bonds. The van der Waals surface area contributed by atoms with E-state index in [0.717, 1.165) is 13.0 Å². The second kappa shape index (κ2) is 1.99. The monoisotopic (exact) mass is 121 g/mol. The molecule has 0 aromatic heterocycles. The predicted octanol–water partition coefficient (Wildman–Crippen LogP) is 0.207. The molecule has 0 bridgehead atoms. The predicted molar refractivity (Wildman–Crippen MR) is 28.0 cm³/mol. The molecule has 1 N–H and O–H groups in total. The van der Waals surface area contributed by atoms with Crippen molar-refractivity contribution < 1.29 is 5.11 Å². The van der Waals surface area contributed by atoms with Gasteiger partial charge in [-0.15, -0.1) is 0 Å². The number of aliphatic hydroxyl groups excluding tert-OH is 1. The van der Waals surface area contributed by atoms with Crippen LogP contribution >= 0.6 is 11.8 Å². The summed E-state index contributed by atoms with van der Waals surface area (Å²) in [6, 6.07) is 0. The summed E-state index contributed by atoms with van der Waals surface area (Å²) >= 11 is 5.48. The van der Waals surface area contributed by atoms with E-state index in [4.69, 9.17) is 16.9 Å². The summed E-state index contributed by atoms with van der Waals surface area (Å²) in [4.78, 5) is 0. The van der Waals surface area contributed by atoms with E-state index in [9.17, 15) is 0 Å². The zero-order valence-electron chi connectivity index (χ0n) is 3.97. The summed E-state index contributed by atoms with van der Waals surface area (Å²) in [5, 5.41) is 8.77. The lowest BCUT2D eigenvalue weighted by Crippen LogP contribution is -2.10. The quantitative estimate of drug-likeness (QED) is 0.463. The van der Waals surface area contributed by atoms with Crippen molar-refractivity contribution in [2.24, 2.45) is 0 Å². The van der Waals surface area contributed by atoms with Gasteiger partial charge in [0.2, 0.25) is 0 Å². The van der Waals surface area contributed by atoms with Gasteiger partial charge in [-0.3, -0.25) is 0 Å². The molecule has 3 heteroatoms. The van der Waals surface area contributed by atoms with Crippen LogP contribution in [-0.4, -0.2) is 28.7 Å². The number of hydrogen-bond acceptors (Lipinski definition) is 2. The molecule has 0 spiro atoms. The molecule has 1 aliphatic rings. The van der Waals surface area contributed by atoms with E-state index in [0.29, 0.717) is 6.54 Å². The van der Waals surface area contributed by atoms with Gasteiger partial charge in [0, 0.05) is 13.1 Å². The van der Waals surface area contributed by atoms with Crippen LogP contribution in [-0.2, 0) is 0 Å². The fraction of sp³-hybridized carbons (Fsp3) is 1.00. The Kier molecular flexibility index (Phi) is 1.52.